The Morgan fingerprint density at radius 3 is 2.62 bits per heavy atom. The van der Waals surface area contributed by atoms with Crippen LogP contribution in [-0.4, -0.2) is 24.0 Å². The van der Waals surface area contributed by atoms with Gasteiger partial charge in [0, 0.05) is 22.4 Å². The summed E-state index contributed by atoms with van der Waals surface area (Å²) in [6.45, 7) is 0.431. The lowest BCUT2D eigenvalue weighted by Crippen LogP contribution is -2.35. The van der Waals surface area contributed by atoms with Crippen LogP contribution in [0.3, 0.4) is 0 Å². The number of hydroxylamine groups is 1. The van der Waals surface area contributed by atoms with Gasteiger partial charge in [0.1, 0.15) is 5.03 Å². The molecule has 0 fully saturated rings. The molecule has 12 heteroatoms. The minimum atomic E-state index is -4.05. The summed E-state index contributed by atoms with van der Waals surface area (Å²) in [4.78, 5) is 5.82. The molecule has 2 N–H and O–H groups in total. The third-order valence-corrected chi connectivity index (χ3v) is 7.88. The fraction of sp³-hybridized carbons (Fsp3) is 0.160. The summed E-state index contributed by atoms with van der Waals surface area (Å²) in [5.41, 5.74) is 4.07. The number of rotatable bonds is 9. The maximum absolute atomic E-state index is 11.2. The predicted octanol–water partition coefficient (Wildman–Crippen LogP) is 5.96. The Balaban J connectivity index is 1.56. The Bertz CT molecular complexity index is 1570. The van der Waals surface area contributed by atoms with Crippen LogP contribution in [0.25, 0.3) is 28.3 Å². The van der Waals surface area contributed by atoms with Crippen LogP contribution >= 0.6 is 23.4 Å². The molecule has 3 aromatic carbocycles. The molecular formula is C25H22ClN2O7S2+. The van der Waals surface area contributed by atoms with Gasteiger partial charge in [-0.05, 0) is 46.9 Å². The summed E-state index contributed by atoms with van der Waals surface area (Å²) in [6.07, 6.45) is 2.50. The van der Waals surface area contributed by atoms with Crippen molar-refractivity contribution in [1.82, 2.24) is 0 Å². The Morgan fingerprint density at radius 2 is 1.86 bits per heavy atom. The number of hydrogen-bond acceptors (Lipinski definition) is 8. The van der Waals surface area contributed by atoms with Gasteiger partial charge in [-0.2, -0.15) is 18.0 Å². The van der Waals surface area contributed by atoms with Crippen molar-refractivity contribution in [2.24, 2.45) is 0 Å². The number of anilines is 1. The van der Waals surface area contributed by atoms with E-state index >= 15 is 0 Å². The second kappa shape index (κ2) is 10.8. The number of benzene rings is 3. The Morgan fingerprint density at radius 1 is 1.05 bits per heavy atom. The number of nitrogens with zero attached hydrogens (tertiary/aromatic N) is 2. The average molecular weight is 562 g/mol. The highest BCUT2D eigenvalue weighted by Gasteiger charge is 2.31. The molecule has 0 unspecified atom stereocenters. The zero-order valence-corrected chi connectivity index (χ0v) is 21.7. The van der Waals surface area contributed by atoms with Gasteiger partial charge in [0.2, 0.25) is 5.58 Å². The van der Waals surface area contributed by atoms with E-state index in [0.717, 1.165) is 21.5 Å². The average Bonchev–Trinajstić information content (AvgIpc) is 3.39. The molecule has 192 valence electrons. The Kier molecular flexibility index (Phi) is 7.54. The fourth-order valence-corrected chi connectivity index (χ4v) is 5.83. The molecule has 9 nitrogen and oxygen atoms in total. The zero-order valence-electron chi connectivity index (χ0n) is 19.3. The minimum Gasteiger partial charge on any atom is -0.398 e. The van der Waals surface area contributed by atoms with E-state index in [1.54, 1.807) is 18.2 Å². The van der Waals surface area contributed by atoms with Gasteiger partial charge in [-0.1, -0.05) is 64.7 Å². The summed E-state index contributed by atoms with van der Waals surface area (Å²) in [5, 5.41) is 15.3. The highest BCUT2D eigenvalue weighted by atomic mass is 35.5. The molecule has 4 aromatic rings. The molecule has 0 bridgehead atoms. The fourth-order valence-electron chi connectivity index (χ4n) is 4.12. The lowest BCUT2D eigenvalue weighted by molar-refractivity contribution is -0.678. The van der Waals surface area contributed by atoms with Gasteiger partial charge < -0.3 is 4.42 Å². The highest BCUT2D eigenvalue weighted by molar-refractivity contribution is 8.03. The number of thioether (sulfide) groups is 1. The summed E-state index contributed by atoms with van der Waals surface area (Å²) in [6, 6.07) is 21.0. The molecule has 0 saturated heterocycles. The SMILES string of the molecule is O=S(=O)(O)CCCC[n+]1c(/C=C2\Sc3ccc(Cl)cc3N2OOO)oc2ccc(-c3ccccc3)cc21. The topological polar surface area (TPSA) is 113 Å². The van der Waals surface area contributed by atoms with Gasteiger partial charge >= 0.3 is 5.89 Å². The molecule has 0 atom stereocenters. The second-order valence-corrected chi connectivity index (χ2v) is 11.3. The van der Waals surface area contributed by atoms with Crippen LogP contribution in [0.5, 0.6) is 0 Å². The van der Waals surface area contributed by atoms with Gasteiger partial charge in [0.05, 0.1) is 17.5 Å². The van der Waals surface area contributed by atoms with E-state index in [-0.39, 0.29) is 12.2 Å². The summed E-state index contributed by atoms with van der Waals surface area (Å²) >= 11 is 7.51. The smallest absolute Gasteiger partial charge is 0.376 e. The second-order valence-electron chi connectivity index (χ2n) is 8.27. The normalized spacial score (nSPS) is 14.6. The molecule has 0 amide bonds. The van der Waals surface area contributed by atoms with Crippen LogP contribution in [0.1, 0.15) is 18.7 Å². The molecule has 37 heavy (non-hydrogen) atoms. The first-order chi connectivity index (χ1) is 17.8. The molecule has 1 aromatic heterocycles. The molecule has 0 aliphatic carbocycles. The lowest BCUT2D eigenvalue weighted by atomic mass is 10.1. The molecular weight excluding hydrogens is 540 g/mol. The third kappa shape index (κ3) is 5.83. The Labute approximate surface area is 222 Å². The van der Waals surface area contributed by atoms with Crippen LogP contribution in [0, 0.1) is 0 Å². The first-order valence-corrected chi connectivity index (χ1v) is 14.1. The summed E-state index contributed by atoms with van der Waals surface area (Å²) in [7, 11) is -4.05. The van der Waals surface area contributed by atoms with E-state index in [2.05, 4.69) is 5.04 Å². The van der Waals surface area contributed by atoms with Gasteiger partial charge in [0.15, 0.2) is 6.54 Å². The van der Waals surface area contributed by atoms with Crippen molar-refractivity contribution < 1.29 is 37.2 Å². The van der Waals surface area contributed by atoms with Crippen molar-refractivity contribution in [3.63, 3.8) is 0 Å². The van der Waals surface area contributed by atoms with Crippen LogP contribution < -0.4 is 9.63 Å². The maximum Gasteiger partial charge on any atom is 0.376 e. The van der Waals surface area contributed by atoms with Crippen LogP contribution in [0.15, 0.2) is 81.1 Å². The molecule has 1 aliphatic rings. The van der Waals surface area contributed by atoms with Crippen molar-refractivity contribution >= 4 is 56.3 Å². The predicted molar refractivity (Wildman–Crippen MR) is 140 cm³/mol. The zero-order chi connectivity index (χ0) is 26.0. The van der Waals surface area contributed by atoms with Crippen molar-refractivity contribution in [2.75, 3.05) is 10.8 Å². The number of unbranched alkanes of at least 4 members (excludes halogenated alkanes) is 1. The van der Waals surface area contributed by atoms with Crippen molar-refractivity contribution in [3.05, 3.63) is 82.7 Å². The molecule has 0 spiro atoms. The molecule has 1 aliphatic heterocycles. The van der Waals surface area contributed by atoms with Crippen molar-refractivity contribution in [1.29, 1.82) is 0 Å². The van der Waals surface area contributed by atoms with E-state index in [1.807, 2.05) is 59.2 Å². The first-order valence-electron chi connectivity index (χ1n) is 11.3. The maximum atomic E-state index is 11.2. The molecule has 5 rings (SSSR count). The Hall–Kier alpha value is -2.90. The van der Waals surface area contributed by atoms with Crippen LogP contribution in [0.2, 0.25) is 5.02 Å². The third-order valence-electron chi connectivity index (χ3n) is 5.78. The number of aryl methyl sites for hydroxylation is 1. The van der Waals surface area contributed by atoms with Gasteiger partial charge in [-0.3, -0.25) is 4.55 Å². The van der Waals surface area contributed by atoms with E-state index in [9.17, 15) is 8.42 Å². The standard InChI is InChI=1S/C25H21ClN2O7S2/c26-19-9-11-23-21(15-19)28(34-35-29)25(36-23)16-24-27(12-4-5-13-37(30,31)32)20-14-18(8-10-22(20)33-24)17-6-2-1-3-7-17/h1-3,6-11,14-16H,4-5,12-13H2,(H-,29,30,31,32)/p+1. The van der Waals surface area contributed by atoms with E-state index in [4.69, 9.17) is 30.8 Å². The quantitative estimate of drug-likeness (QED) is 0.0840. The van der Waals surface area contributed by atoms with E-state index in [0.29, 0.717) is 40.2 Å². The number of hydrogen-bond donors (Lipinski definition) is 2. The monoisotopic (exact) mass is 561 g/mol. The van der Waals surface area contributed by atoms with E-state index < -0.39 is 10.1 Å². The van der Waals surface area contributed by atoms with Crippen LogP contribution in [-0.2, 0) is 26.7 Å². The van der Waals surface area contributed by atoms with E-state index in [1.165, 1.54) is 16.8 Å². The highest BCUT2D eigenvalue weighted by Crippen LogP contribution is 2.47. The number of fused-ring (bicyclic) bond motifs is 2. The summed E-state index contributed by atoms with van der Waals surface area (Å²) in [5.74, 6) is 0.149. The lowest BCUT2D eigenvalue weighted by Gasteiger charge is -2.14. The molecule has 0 radical (unpaired) electrons. The number of oxazole rings is 1. The minimum absolute atomic E-state index is 0.277. The summed E-state index contributed by atoms with van der Waals surface area (Å²) < 4.78 is 39.6. The van der Waals surface area contributed by atoms with Crippen molar-refractivity contribution in [3.8, 4) is 11.1 Å². The van der Waals surface area contributed by atoms with Gasteiger partial charge in [-0.15, -0.1) is 0 Å². The number of aromatic nitrogens is 1. The van der Waals surface area contributed by atoms with Gasteiger partial charge in [-0.25, -0.2) is 5.26 Å². The van der Waals surface area contributed by atoms with Crippen molar-refractivity contribution in [2.45, 2.75) is 24.3 Å². The molecule has 2 heterocycles. The first kappa shape index (κ1) is 25.7. The number of halogens is 1. The van der Waals surface area contributed by atoms with Gasteiger partial charge in [0.25, 0.3) is 15.6 Å². The van der Waals surface area contributed by atoms with Crippen LogP contribution in [0.4, 0.5) is 5.69 Å². The molecule has 0 saturated carbocycles. The largest absolute Gasteiger partial charge is 0.398 e.